The Labute approximate surface area is 131 Å². The number of benzene rings is 2. The zero-order valence-corrected chi connectivity index (χ0v) is 12.5. The number of hydrogen-bond donors (Lipinski definition) is 0. The van der Waals surface area contributed by atoms with Crippen molar-refractivity contribution in [2.75, 3.05) is 14.2 Å². The van der Waals surface area contributed by atoms with Crippen LogP contribution in [0, 0.1) is 20.2 Å². The molecule has 0 aliphatic heterocycles. The minimum Gasteiger partial charge on any atom is -0.346 e. The molecule has 0 aliphatic rings. The number of methoxy groups -OCH3 is 2. The summed E-state index contributed by atoms with van der Waals surface area (Å²) in [5, 5.41) is 21.5. The van der Waals surface area contributed by atoms with Gasteiger partial charge >= 0.3 is 0 Å². The summed E-state index contributed by atoms with van der Waals surface area (Å²) in [5.41, 5.74) is 0.945. The molecule has 0 aliphatic carbocycles. The first-order valence-corrected chi connectivity index (χ1v) is 6.54. The Hall–Kier alpha value is -2.84. The first-order valence-electron chi connectivity index (χ1n) is 6.54. The number of rotatable bonds is 6. The standard InChI is InChI=1S/C15H14N2O6/c1-22-15(23-2,11-3-7-13(8-4-11)16(18)19)12-5-9-14(10-6-12)17(20)21/h3-10H,1-2H3. The van der Waals surface area contributed by atoms with Gasteiger partial charge in [0, 0.05) is 49.6 Å². The molecular formula is C15H14N2O6. The van der Waals surface area contributed by atoms with Gasteiger partial charge in [-0.15, -0.1) is 0 Å². The molecule has 120 valence electrons. The maximum absolute atomic E-state index is 10.8. The van der Waals surface area contributed by atoms with E-state index >= 15 is 0 Å². The lowest BCUT2D eigenvalue weighted by Crippen LogP contribution is -2.32. The molecule has 0 aromatic heterocycles. The number of non-ortho nitro benzene ring substituents is 2. The molecule has 8 heteroatoms. The Morgan fingerprint density at radius 1 is 0.739 bits per heavy atom. The van der Waals surface area contributed by atoms with E-state index in [1.165, 1.54) is 62.8 Å². The summed E-state index contributed by atoms with van der Waals surface area (Å²) in [6.45, 7) is 0. The van der Waals surface area contributed by atoms with Gasteiger partial charge in [0.15, 0.2) is 0 Å². The van der Waals surface area contributed by atoms with Gasteiger partial charge in [0.1, 0.15) is 0 Å². The predicted molar refractivity (Wildman–Crippen MR) is 81.0 cm³/mol. The summed E-state index contributed by atoms with van der Waals surface area (Å²) in [5.74, 6) is -1.32. The lowest BCUT2D eigenvalue weighted by Gasteiger charge is -2.31. The highest BCUT2D eigenvalue weighted by Gasteiger charge is 2.35. The molecule has 2 aromatic carbocycles. The van der Waals surface area contributed by atoms with Gasteiger partial charge in [-0.05, 0) is 24.3 Å². The second kappa shape index (κ2) is 6.51. The zero-order chi connectivity index (χ0) is 17.0. The molecule has 0 N–H and O–H groups in total. The monoisotopic (exact) mass is 318 g/mol. The van der Waals surface area contributed by atoms with Crippen molar-refractivity contribution in [1.29, 1.82) is 0 Å². The minimum absolute atomic E-state index is 0.0569. The summed E-state index contributed by atoms with van der Waals surface area (Å²) >= 11 is 0. The largest absolute Gasteiger partial charge is 0.346 e. The number of nitro benzene ring substituents is 2. The molecule has 0 fully saturated rings. The first-order chi connectivity index (χ1) is 10.9. The van der Waals surface area contributed by atoms with Crippen molar-refractivity contribution in [3.8, 4) is 0 Å². The van der Waals surface area contributed by atoms with Crippen molar-refractivity contribution in [2.45, 2.75) is 5.79 Å². The minimum atomic E-state index is -1.32. The van der Waals surface area contributed by atoms with Gasteiger partial charge in [-0.25, -0.2) is 0 Å². The third-order valence-corrected chi connectivity index (χ3v) is 3.49. The van der Waals surface area contributed by atoms with E-state index in [4.69, 9.17) is 9.47 Å². The molecule has 2 aromatic rings. The van der Waals surface area contributed by atoms with Crippen LogP contribution in [0.3, 0.4) is 0 Å². The molecule has 0 radical (unpaired) electrons. The molecule has 0 atom stereocenters. The summed E-state index contributed by atoms with van der Waals surface area (Å²) < 4.78 is 11.0. The van der Waals surface area contributed by atoms with Crippen molar-refractivity contribution in [2.24, 2.45) is 0 Å². The van der Waals surface area contributed by atoms with E-state index in [0.717, 1.165) is 0 Å². The van der Waals surface area contributed by atoms with Crippen LogP contribution in [0.1, 0.15) is 11.1 Å². The number of nitro groups is 2. The molecule has 2 rings (SSSR count). The molecule has 0 saturated carbocycles. The van der Waals surface area contributed by atoms with Crippen molar-refractivity contribution in [1.82, 2.24) is 0 Å². The van der Waals surface area contributed by atoms with Gasteiger partial charge in [-0.3, -0.25) is 20.2 Å². The SMILES string of the molecule is COC(OC)(c1ccc([N+](=O)[O-])cc1)c1ccc([N+](=O)[O-])cc1. The van der Waals surface area contributed by atoms with E-state index in [0.29, 0.717) is 11.1 Å². The second-order valence-electron chi connectivity index (χ2n) is 4.63. The highest BCUT2D eigenvalue weighted by Crippen LogP contribution is 2.35. The summed E-state index contributed by atoms with van der Waals surface area (Å²) in [6.07, 6.45) is 0. The molecular weight excluding hydrogens is 304 g/mol. The third-order valence-electron chi connectivity index (χ3n) is 3.49. The topological polar surface area (TPSA) is 105 Å². The molecule has 0 heterocycles. The Morgan fingerprint density at radius 3 is 1.26 bits per heavy atom. The van der Waals surface area contributed by atoms with E-state index in [2.05, 4.69) is 0 Å². The lowest BCUT2D eigenvalue weighted by atomic mass is 9.96. The maximum Gasteiger partial charge on any atom is 0.269 e. The molecule has 0 bridgehead atoms. The zero-order valence-electron chi connectivity index (χ0n) is 12.5. The Bertz CT molecular complexity index is 648. The smallest absolute Gasteiger partial charge is 0.269 e. The van der Waals surface area contributed by atoms with Crippen LogP contribution in [0.5, 0.6) is 0 Å². The number of nitrogens with zero attached hydrogens (tertiary/aromatic N) is 2. The van der Waals surface area contributed by atoms with Crippen LogP contribution in [-0.4, -0.2) is 24.1 Å². The number of hydrogen-bond acceptors (Lipinski definition) is 6. The van der Waals surface area contributed by atoms with Crippen LogP contribution in [-0.2, 0) is 15.3 Å². The first kappa shape index (κ1) is 16.5. The van der Waals surface area contributed by atoms with Gasteiger partial charge < -0.3 is 9.47 Å². The van der Waals surface area contributed by atoms with Crippen LogP contribution < -0.4 is 0 Å². The average Bonchev–Trinajstić information content (AvgIpc) is 2.57. The molecule has 8 nitrogen and oxygen atoms in total. The molecule has 0 unspecified atom stereocenters. The fraction of sp³-hybridized carbons (Fsp3) is 0.200. The van der Waals surface area contributed by atoms with Gasteiger partial charge in [-0.2, -0.15) is 0 Å². The Kier molecular flexibility index (Phi) is 4.68. The summed E-state index contributed by atoms with van der Waals surface area (Å²) in [7, 11) is 2.85. The van der Waals surface area contributed by atoms with E-state index in [1.807, 2.05) is 0 Å². The fourth-order valence-corrected chi connectivity index (χ4v) is 2.33. The summed E-state index contributed by atoms with van der Waals surface area (Å²) in [6, 6.07) is 11.4. The summed E-state index contributed by atoms with van der Waals surface area (Å²) in [4.78, 5) is 20.5. The highest BCUT2D eigenvalue weighted by atomic mass is 16.7. The molecule has 0 amide bonds. The van der Waals surface area contributed by atoms with Crippen molar-refractivity contribution in [3.05, 3.63) is 79.9 Å². The van der Waals surface area contributed by atoms with Crippen LogP contribution in [0.25, 0.3) is 0 Å². The Morgan fingerprint density at radius 2 is 1.04 bits per heavy atom. The second-order valence-corrected chi connectivity index (χ2v) is 4.63. The van der Waals surface area contributed by atoms with Gasteiger partial charge in [-0.1, -0.05) is 0 Å². The Balaban J connectivity index is 2.49. The van der Waals surface area contributed by atoms with Gasteiger partial charge in [0.2, 0.25) is 5.79 Å². The molecule has 23 heavy (non-hydrogen) atoms. The van der Waals surface area contributed by atoms with E-state index in [-0.39, 0.29) is 11.4 Å². The highest BCUT2D eigenvalue weighted by molar-refractivity contribution is 5.42. The third kappa shape index (κ3) is 3.03. The van der Waals surface area contributed by atoms with E-state index in [9.17, 15) is 20.2 Å². The maximum atomic E-state index is 10.8. The number of ether oxygens (including phenoxy) is 2. The van der Waals surface area contributed by atoms with Crippen LogP contribution >= 0.6 is 0 Å². The van der Waals surface area contributed by atoms with E-state index in [1.54, 1.807) is 0 Å². The molecule has 0 saturated heterocycles. The average molecular weight is 318 g/mol. The van der Waals surface area contributed by atoms with Crippen LogP contribution in [0.4, 0.5) is 11.4 Å². The lowest BCUT2D eigenvalue weighted by molar-refractivity contribution is -0.385. The van der Waals surface area contributed by atoms with Gasteiger partial charge in [0.25, 0.3) is 11.4 Å². The van der Waals surface area contributed by atoms with Crippen LogP contribution in [0.2, 0.25) is 0 Å². The molecule has 0 spiro atoms. The predicted octanol–water partition coefficient (Wildman–Crippen LogP) is 3.00. The van der Waals surface area contributed by atoms with Crippen molar-refractivity contribution < 1.29 is 19.3 Å². The quantitative estimate of drug-likeness (QED) is 0.460. The van der Waals surface area contributed by atoms with Crippen LogP contribution in [0.15, 0.2) is 48.5 Å². The van der Waals surface area contributed by atoms with Crippen molar-refractivity contribution in [3.63, 3.8) is 0 Å². The van der Waals surface area contributed by atoms with E-state index < -0.39 is 15.6 Å². The van der Waals surface area contributed by atoms with Crippen molar-refractivity contribution >= 4 is 11.4 Å². The fourth-order valence-electron chi connectivity index (χ4n) is 2.33. The normalized spacial score (nSPS) is 11.2. The van der Waals surface area contributed by atoms with Gasteiger partial charge in [0.05, 0.1) is 9.85 Å².